The number of hydrogen-bond acceptors (Lipinski definition) is 5. The lowest BCUT2D eigenvalue weighted by Gasteiger charge is -2.19. The summed E-state index contributed by atoms with van der Waals surface area (Å²) in [5.74, 6) is 0.104. The smallest absolute Gasteiger partial charge is 0.231 e. The van der Waals surface area contributed by atoms with E-state index in [2.05, 4.69) is 25.5 Å². The molecule has 2 aromatic heterocycles. The van der Waals surface area contributed by atoms with Crippen LogP contribution in [0.1, 0.15) is 17.2 Å². The van der Waals surface area contributed by atoms with E-state index in [-0.39, 0.29) is 17.7 Å². The third-order valence-electron chi connectivity index (χ3n) is 5.01. The summed E-state index contributed by atoms with van der Waals surface area (Å²) >= 11 is 1.27. The van der Waals surface area contributed by atoms with Crippen LogP contribution in [-0.2, 0) is 4.79 Å². The molecule has 3 aromatic carbocycles. The van der Waals surface area contributed by atoms with Gasteiger partial charge in [-0.2, -0.15) is 0 Å². The quantitative estimate of drug-likeness (QED) is 0.391. The SMILES string of the molecule is O=C(CSc1nnc2c(n1)[nH]c1ccccc12)NC(c1ccccc1)c1ccccc1. The molecule has 7 heteroatoms. The molecule has 5 rings (SSSR count). The van der Waals surface area contributed by atoms with Crippen molar-refractivity contribution >= 4 is 39.7 Å². The fraction of sp³-hybridized carbons (Fsp3) is 0.0833. The van der Waals surface area contributed by atoms with Gasteiger partial charge in [-0.25, -0.2) is 4.98 Å². The summed E-state index contributed by atoms with van der Waals surface area (Å²) in [5.41, 5.74) is 4.44. The Balaban J connectivity index is 1.31. The molecule has 6 nitrogen and oxygen atoms in total. The average Bonchev–Trinajstić information content (AvgIpc) is 3.20. The molecule has 0 aliphatic rings. The second-order valence-corrected chi connectivity index (χ2v) is 8.02. The number of hydrogen-bond donors (Lipinski definition) is 2. The van der Waals surface area contributed by atoms with E-state index >= 15 is 0 Å². The van der Waals surface area contributed by atoms with Crippen LogP contribution >= 0.6 is 11.8 Å². The van der Waals surface area contributed by atoms with Crippen LogP contribution in [0.3, 0.4) is 0 Å². The van der Waals surface area contributed by atoms with Crippen molar-refractivity contribution < 1.29 is 4.79 Å². The highest BCUT2D eigenvalue weighted by Gasteiger charge is 2.17. The zero-order valence-corrected chi connectivity index (χ0v) is 17.3. The predicted octanol–water partition coefficient (Wildman–Crippen LogP) is 4.50. The highest BCUT2D eigenvalue weighted by Crippen LogP contribution is 2.24. The lowest BCUT2D eigenvalue weighted by atomic mass is 9.99. The molecule has 0 unspecified atom stereocenters. The van der Waals surface area contributed by atoms with Crippen LogP contribution in [0.2, 0.25) is 0 Å². The van der Waals surface area contributed by atoms with Gasteiger partial charge in [0.15, 0.2) is 5.65 Å². The van der Waals surface area contributed by atoms with E-state index in [0.29, 0.717) is 10.8 Å². The molecular formula is C24H19N5OS. The molecule has 0 saturated heterocycles. The van der Waals surface area contributed by atoms with Crippen LogP contribution in [0.5, 0.6) is 0 Å². The number of carbonyl (C=O) groups excluding carboxylic acids is 1. The molecule has 1 amide bonds. The summed E-state index contributed by atoms with van der Waals surface area (Å²) in [7, 11) is 0. The number of aromatic nitrogens is 4. The highest BCUT2D eigenvalue weighted by molar-refractivity contribution is 7.99. The maximum absolute atomic E-state index is 12.8. The summed E-state index contributed by atoms with van der Waals surface area (Å²) in [5, 5.41) is 13.1. The van der Waals surface area contributed by atoms with Crippen LogP contribution in [0.15, 0.2) is 90.1 Å². The second kappa shape index (κ2) is 8.57. The number of para-hydroxylation sites is 1. The second-order valence-electron chi connectivity index (χ2n) is 7.07. The Hall–Kier alpha value is -3.71. The summed E-state index contributed by atoms with van der Waals surface area (Å²) in [6.45, 7) is 0. The first-order valence-corrected chi connectivity index (χ1v) is 10.9. The van der Waals surface area contributed by atoms with E-state index in [9.17, 15) is 4.79 Å². The number of benzene rings is 3. The van der Waals surface area contributed by atoms with Crippen molar-refractivity contribution in [2.75, 3.05) is 5.75 Å². The van der Waals surface area contributed by atoms with E-state index in [1.54, 1.807) is 0 Å². The van der Waals surface area contributed by atoms with E-state index < -0.39 is 0 Å². The largest absolute Gasteiger partial charge is 0.344 e. The molecule has 152 valence electrons. The topological polar surface area (TPSA) is 83.6 Å². The number of nitrogens with one attached hydrogen (secondary N) is 2. The summed E-state index contributed by atoms with van der Waals surface area (Å²) in [6.07, 6.45) is 0. The van der Waals surface area contributed by atoms with Crippen molar-refractivity contribution in [1.29, 1.82) is 0 Å². The Bertz CT molecular complexity index is 1300. The van der Waals surface area contributed by atoms with E-state index in [4.69, 9.17) is 0 Å². The molecule has 0 aliphatic heterocycles. The van der Waals surface area contributed by atoms with Gasteiger partial charge in [0.05, 0.1) is 11.8 Å². The lowest BCUT2D eigenvalue weighted by Crippen LogP contribution is -2.30. The normalized spacial score (nSPS) is 11.3. The van der Waals surface area contributed by atoms with Gasteiger partial charge in [-0.3, -0.25) is 4.79 Å². The Morgan fingerprint density at radius 3 is 2.23 bits per heavy atom. The van der Waals surface area contributed by atoms with Gasteiger partial charge < -0.3 is 10.3 Å². The van der Waals surface area contributed by atoms with Gasteiger partial charge in [0.25, 0.3) is 0 Å². The van der Waals surface area contributed by atoms with Gasteiger partial charge in [-0.1, -0.05) is 90.6 Å². The number of fused-ring (bicyclic) bond motifs is 3. The Kier molecular flexibility index (Phi) is 5.33. The number of carbonyl (C=O) groups is 1. The van der Waals surface area contributed by atoms with Crippen LogP contribution in [0, 0.1) is 0 Å². The lowest BCUT2D eigenvalue weighted by molar-refractivity contribution is -0.119. The monoisotopic (exact) mass is 425 g/mol. The van der Waals surface area contributed by atoms with Crippen molar-refractivity contribution in [2.24, 2.45) is 0 Å². The molecule has 31 heavy (non-hydrogen) atoms. The van der Waals surface area contributed by atoms with E-state index in [1.807, 2.05) is 84.9 Å². The molecule has 0 radical (unpaired) electrons. The van der Waals surface area contributed by atoms with Crippen molar-refractivity contribution in [2.45, 2.75) is 11.2 Å². The Morgan fingerprint density at radius 2 is 1.52 bits per heavy atom. The molecule has 0 atom stereocenters. The third-order valence-corrected chi connectivity index (χ3v) is 5.84. The van der Waals surface area contributed by atoms with Gasteiger partial charge in [0.1, 0.15) is 5.52 Å². The molecule has 0 fully saturated rings. The molecule has 0 aliphatic carbocycles. The van der Waals surface area contributed by atoms with Gasteiger partial charge in [-0.15, -0.1) is 10.2 Å². The van der Waals surface area contributed by atoms with E-state index in [0.717, 1.165) is 27.5 Å². The number of aromatic amines is 1. The number of H-pyrrole nitrogens is 1. The summed E-state index contributed by atoms with van der Waals surface area (Å²) in [6, 6.07) is 27.6. The van der Waals surface area contributed by atoms with Crippen LogP contribution in [-0.4, -0.2) is 31.8 Å². The fourth-order valence-corrected chi connectivity index (χ4v) is 4.15. The molecule has 5 aromatic rings. The number of nitrogens with zero attached hydrogens (tertiary/aromatic N) is 3. The Labute approximate surface area is 183 Å². The maximum atomic E-state index is 12.8. The standard InChI is InChI=1S/C24H19N5OS/c30-20(26-21(16-9-3-1-4-10-16)17-11-5-2-6-12-17)15-31-24-27-23-22(28-29-24)18-13-7-8-14-19(18)25-23/h1-14,21H,15H2,(H,26,30)(H,25,27,29). The summed E-state index contributed by atoms with van der Waals surface area (Å²) in [4.78, 5) is 20.5. The highest BCUT2D eigenvalue weighted by atomic mass is 32.2. The zero-order valence-electron chi connectivity index (χ0n) is 16.5. The minimum atomic E-state index is -0.217. The van der Waals surface area contributed by atoms with Crippen molar-refractivity contribution in [3.63, 3.8) is 0 Å². The molecule has 0 bridgehead atoms. The fourth-order valence-electron chi connectivity index (χ4n) is 3.55. The van der Waals surface area contributed by atoms with Crippen LogP contribution in [0.4, 0.5) is 0 Å². The van der Waals surface area contributed by atoms with E-state index in [1.165, 1.54) is 11.8 Å². The predicted molar refractivity (Wildman–Crippen MR) is 123 cm³/mol. The van der Waals surface area contributed by atoms with Crippen molar-refractivity contribution in [1.82, 2.24) is 25.5 Å². The maximum Gasteiger partial charge on any atom is 0.231 e. The minimum Gasteiger partial charge on any atom is -0.344 e. The van der Waals surface area contributed by atoms with Crippen molar-refractivity contribution in [3.05, 3.63) is 96.1 Å². The third kappa shape index (κ3) is 4.13. The molecular weight excluding hydrogens is 406 g/mol. The van der Waals surface area contributed by atoms with Crippen LogP contribution < -0.4 is 5.32 Å². The molecule has 2 heterocycles. The van der Waals surface area contributed by atoms with Gasteiger partial charge in [-0.05, 0) is 17.2 Å². The van der Waals surface area contributed by atoms with Gasteiger partial charge in [0.2, 0.25) is 11.1 Å². The number of rotatable bonds is 6. The zero-order chi connectivity index (χ0) is 21.0. The van der Waals surface area contributed by atoms with Crippen molar-refractivity contribution in [3.8, 4) is 0 Å². The first kappa shape index (κ1) is 19.3. The van der Waals surface area contributed by atoms with Gasteiger partial charge in [0, 0.05) is 10.9 Å². The molecule has 0 saturated carbocycles. The minimum absolute atomic E-state index is 0.0944. The van der Waals surface area contributed by atoms with Crippen LogP contribution in [0.25, 0.3) is 22.1 Å². The number of thioether (sulfide) groups is 1. The summed E-state index contributed by atoms with van der Waals surface area (Å²) < 4.78 is 0. The Morgan fingerprint density at radius 1 is 0.871 bits per heavy atom. The average molecular weight is 426 g/mol. The number of amides is 1. The molecule has 0 spiro atoms. The molecule has 2 N–H and O–H groups in total. The first-order valence-electron chi connectivity index (χ1n) is 9.91. The first-order chi connectivity index (χ1) is 15.3. The van der Waals surface area contributed by atoms with Gasteiger partial charge >= 0.3 is 0 Å².